The Hall–Kier alpha value is -1.09. The van der Waals surface area contributed by atoms with Crippen LogP contribution in [0.15, 0.2) is 18.2 Å². The molecule has 0 radical (unpaired) electrons. The first-order valence-corrected chi connectivity index (χ1v) is 7.91. The molecule has 1 unspecified atom stereocenters. The summed E-state index contributed by atoms with van der Waals surface area (Å²) >= 11 is 0. The van der Waals surface area contributed by atoms with Gasteiger partial charge in [-0.3, -0.25) is 4.90 Å². The zero-order valence-corrected chi connectivity index (χ0v) is 12.2. The lowest BCUT2D eigenvalue weighted by molar-refractivity contribution is 0.0301. The van der Waals surface area contributed by atoms with Gasteiger partial charge in [0.05, 0.1) is 0 Å². The normalized spacial score (nSPS) is 28.9. The molecular weight excluding hydrogens is 253 g/mol. The Kier molecular flexibility index (Phi) is 3.97. The number of phenolic OH excluding ortho intramolecular Hbond substituents is 1. The second kappa shape index (κ2) is 5.72. The number of hydrogen-bond acceptors (Lipinski definition) is 2. The Morgan fingerprint density at radius 3 is 2.75 bits per heavy atom. The molecule has 0 spiro atoms. The molecule has 1 saturated carbocycles. The van der Waals surface area contributed by atoms with Gasteiger partial charge < -0.3 is 5.11 Å². The summed E-state index contributed by atoms with van der Waals surface area (Å²) in [4.78, 5) is 2.54. The average Bonchev–Trinajstić information content (AvgIpc) is 2.46. The van der Waals surface area contributed by atoms with Crippen molar-refractivity contribution in [2.75, 3.05) is 6.54 Å². The van der Waals surface area contributed by atoms with Gasteiger partial charge in [-0.15, -0.1) is 0 Å². The van der Waals surface area contributed by atoms with E-state index >= 15 is 0 Å². The first-order valence-electron chi connectivity index (χ1n) is 7.91. The second-order valence-electron chi connectivity index (χ2n) is 6.37. The van der Waals surface area contributed by atoms with Crippen molar-refractivity contribution < 1.29 is 9.50 Å². The predicted octanol–water partition coefficient (Wildman–Crippen LogP) is 4.25. The maximum atomic E-state index is 13.1. The molecule has 3 heteroatoms. The van der Waals surface area contributed by atoms with Crippen molar-refractivity contribution in [3.8, 4) is 5.75 Å². The molecule has 2 nitrogen and oxygen atoms in total. The van der Waals surface area contributed by atoms with E-state index in [-0.39, 0.29) is 17.6 Å². The fourth-order valence-electron chi connectivity index (χ4n) is 4.19. The van der Waals surface area contributed by atoms with Crippen LogP contribution in [0.25, 0.3) is 0 Å². The zero-order valence-electron chi connectivity index (χ0n) is 12.2. The van der Waals surface area contributed by atoms with E-state index in [9.17, 15) is 9.50 Å². The number of nitrogens with zero attached hydrogens (tertiary/aromatic N) is 1. The molecule has 0 bridgehead atoms. The lowest BCUT2D eigenvalue weighted by atomic mass is 9.77. The Labute approximate surface area is 120 Å². The SMILES string of the molecule is CC(c1ccc(F)cc1O)N1CCC[C@H]2CCCC[C@H]21. The number of aromatic hydroxyl groups is 1. The zero-order chi connectivity index (χ0) is 14.1. The van der Waals surface area contributed by atoms with E-state index in [0.717, 1.165) is 18.0 Å². The van der Waals surface area contributed by atoms with E-state index in [4.69, 9.17) is 0 Å². The molecular formula is C17H24FNO. The highest BCUT2D eigenvalue weighted by atomic mass is 19.1. The molecule has 1 aromatic rings. The summed E-state index contributed by atoms with van der Waals surface area (Å²) in [6.07, 6.45) is 7.90. The molecule has 0 amide bonds. The van der Waals surface area contributed by atoms with Gasteiger partial charge in [0.15, 0.2) is 0 Å². The fraction of sp³-hybridized carbons (Fsp3) is 0.647. The van der Waals surface area contributed by atoms with Gasteiger partial charge in [-0.25, -0.2) is 4.39 Å². The highest BCUT2D eigenvalue weighted by molar-refractivity contribution is 5.35. The van der Waals surface area contributed by atoms with Gasteiger partial charge in [-0.1, -0.05) is 18.9 Å². The van der Waals surface area contributed by atoms with Crippen molar-refractivity contribution in [3.05, 3.63) is 29.6 Å². The smallest absolute Gasteiger partial charge is 0.126 e. The Morgan fingerprint density at radius 1 is 1.20 bits per heavy atom. The fourth-order valence-corrected chi connectivity index (χ4v) is 4.19. The van der Waals surface area contributed by atoms with E-state index in [0.29, 0.717) is 6.04 Å². The molecule has 20 heavy (non-hydrogen) atoms. The van der Waals surface area contributed by atoms with Crippen LogP contribution in [0, 0.1) is 11.7 Å². The third-order valence-electron chi connectivity index (χ3n) is 5.23. The van der Waals surface area contributed by atoms with Crippen LogP contribution >= 0.6 is 0 Å². The standard InChI is InChI=1S/C17H24FNO/c1-12(15-9-8-14(18)11-17(15)20)19-10-4-6-13-5-2-3-7-16(13)19/h8-9,11-13,16,20H,2-7,10H2,1H3/t12?,13-,16-/m1/s1. The van der Waals surface area contributed by atoms with Crippen LogP contribution in [0.4, 0.5) is 4.39 Å². The van der Waals surface area contributed by atoms with Gasteiger partial charge in [0.2, 0.25) is 0 Å². The van der Waals surface area contributed by atoms with E-state index in [2.05, 4.69) is 11.8 Å². The molecule has 0 aromatic heterocycles. The van der Waals surface area contributed by atoms with Crippen molar-refractivity contribution in [3.63, 3.8) is 0 Å². The molecule has 1 heterocycles. The van der Waals surface area contributed by atoms with Gasteiger partial charge in [0, 0.05) is 23.7 Å². The average molecular weight is 277 g/mol. The number of phenols is 1. The summed E-state index contributed by atoms with van der Waals surface area (Å²) in [6.45, 7) is 3.24. The Morgan fingerprint density at radius 2 is 1.95 bits per heavy atom. The van der Waals surface area contributed by atoms with Crippen LogP contribution in [-0.4, -0.2) is 22.6 Å². The second-order valence-corrected chi connectivity index (χ2v) is 6.37. The van der Waals surface area contributed by atoms with Gasteiger partial charge in [-0.05, 0) is 51.1 Å². The van der Waals surface area contributed by atoms with E-state index < -0.39 is 0 Å². The number of likely N-dealkylation sites (tertiary alicyclic amines) is 1. The summed E-state index contributed by atoms with van der Waals surface area (Å²) in [5.74, 6) is 0.547. The summed E-state index contributed by atoms with van der Waals surface area (Å²) in [5, 5.41) is 10.0. The minimum atomic E-state index is -0.368. The Balaban J connectivity index is 1.83. The molecule has 1 aliphatic heterocycles. The van der Waals surface area contributed by atoms with E-state index in [1.165, 1.54) is 50.7 Å². The van der Waals surface area contributed by atoms with Crippen LogP contribution in [0.3, 0.4) is 0 Å². The molecule has 1 aromatic carbocycles. The van der Waals surface area contributed by atoms with E-state index in [1.807, 2.05) is 0 Å². The van der Waals surface area contributed by atoms with Gasteiger partial charge >= 0.3 is 0 Å². The summed E-state index contributed by atoms with van der Waals surface area (Å²) in [5.41, 5.74) is 0.859. The van der Waals surface area contributed by atoms with Gasteiger partial charge in [0.1, 0.15) is 11.6 Å². The first-order chi connectivity index (χ1) is 9.66. The summed E-state index contributed by atoms with van der Waals surface area (Å²) in [6, 6.07) is 5.24. The highest BCUT2D eigenvalue weighted by Gasteiger charge is 2.36. The summed E-state index contributed by atoms with van der Waals surface area (Å²) < 4.78 is 13.1. The first kappa shape index (κ1) is 13.9. The monoisotopic (exact) mass is 277 g/mol. The number of halogens is 1. The minimum absolute atomic E-state index is 0.0930. The van der Waals surface area contributed by atoms with Crippen LogP contribution in [0.1, 0.15) is 57.1 Å². The van der Waals surface area contributed by atoms with Crippen molar-refractivity contribution in [1.29, 1.82) is 0 Å². The number of fused-ring (bicyclic) bond motifs is 1. The quantitative estimate of drug-likeness (QED) is 0.873. The molecule has 110 valence electrons. The van der Waals surface area contributed by atoms with Crippen LogP contribution in [0.2, 0.25) is 0 Å². The lowest BCUT2D eigenvalue weighted by Crippen LogP contribution is -2.47. The largest absolute Gasteiger partial charge is 0.508 e. The lowest BCUT2D eigenvalue weighted by Gasteiger charge is -2.47. The van der Waals surface area contributed by atoms with E-state index in [1.54, 1.807) is 6.07 Å². The maximum Gasteiger partial charge on any atom is 0.126 e. The third kappa shape index (κ3) is 2.56. The van der Waals surface area contributed by atoms with Gasteiger partial charge in [-0.2, -0.15) is 0 Å². The van der Waals surface area contributed by atoms with Crippen LogP contribution in [0.5, 0.6) is 5.75 Å². The predicted molar refractivity (Wildman–Crippen MR) is 78.2 cm³/mol. The van der Waals surface area contributed by atoms with Crippen molar-refractivity contribution in [1.82, 2.24) is 4.90 Å². The molecule has 1 saturated heterocycles. The maximum absolute atomic E-state index is 13.1. The van der Waals surface area contributed by atoms with Crippen LogP contribution < -0.4 is 0 Å². The molecule has 1 aliphatic carbocycles. The number of piperidine rings is 1. The van der Waals surface area contributed by atoms with Crippen LogP contribution in [-0.2, 0) is 0 Å². The number of rotatable bonds is 2. The number of hydrogen-bond donors (Lipinski definition) is 1. The molecule has 1 N–H and O–H groups in total. The number of benzene rings is 1. The summed E-state index contributed by atoms with van der Waals surface area (Å²) in [7, 11) is 0. The molecule has 3 rings (SSSR count). The third-order valence-corrected chi connectivity index (χ3v) is 5.23. The minimum Gasteiger partial charge on any atom is -0.508 e. The molecule has 3 atom stereocenters. The van der Waals surface area contributed by atoms with Crippen molar-refractivity contribution >= 4 is 0 Å². The Bertz CT molecular complexity index is 474. The van der Waals surface area contributed by atoms with Gasteiger partial charge in [0.25, 0.3) is 0 Å². The molecule has 2 aliphatic rings. The highest BCUT2D eigenvalue weighted by Crippen LogP contribution is 2.40. The van der Waals surface area contributed by atoms with Crippen molar-refractivity contribution in [2.45, 2.75) is 57.5 Å². The molecule has 2 fully saturated rings. The van der Waals surface area contributed by atoms with Crippen molar-refractivity contribution in [2.24, 2.45) is 5.92 Å². The topological polar surface area (TPSA) is 23.5 Å².